The van der Waals surface area contributed by atoms with E-state index in [1.54, 1.807) is 31.4 Å². The molecule has 0 radical (unpaired) electrons. The SMILES string of the molecule is CCCc1c(OC)ccc2cc(C(=O)Nc3ccc(C)cc3)c(=O)oc12. The van der Waals surface area contributed by atoms with E-state index in [-0.39, 0.29) is 5.56 Å². The Bertz CT molecular complexity index is 1000. The van der Waals surface area contributed by atoms with E-state index in [1.165, 1.54) is 0 Å². The molecule has 134 valence electrons. The quantitative estimate of drug-likeness (QED) is 0.695. The van der Waals surface area contributed by atoms with E-state index >= 15 is 0 Å². The van der Waals surface area contributed by atoms with Crippen LogP contribution >= 0.6 is 0 Å². The van der Waals surface area contributed by atoms with Crippen molar-refractivity contribution in [2.75, 3.05) is 12.4 Å². The Balaban J connectivity index is 2.02. The molecule has 0 bridgehead atoms. The summed E-state index contributed by atoms with van der Waals surface area (Å²) in [5.74, 6) is 0.191. The molecule has 3 aromatic rings. The van der Waals surface area contributed by atoms with Crippen molar-refractivity contribution in [3.63, 3.8) is 0 Å². The fraction of sp³-hybridized carbons (Fsp3) is 0.238. The molecule has 0 fully saturated rings. The molecule has 1 heterocycles. The van der Waals surface area contributed by atoms with Crippen LogP contribution in [0.5, 0.6) is 5.75 Å². The second kappa shape index (κ2) is 7.44. The van der Waals surface area contributed by atoms with Crippen LogP contribution in [-0.4, -0.2) is 13.0 Å². The van der Waals surface area contributed by atoms with Crippen molar-refractivity contribution in [1.29, 1.82) is 0 Å². The van der Waals surface area contributed by atoms with E-state index in [0.717, 1.165) is 24.0 Å². The van der Waals surface area contributed by atoms with Crippen LogP contribution < -0.4 is 15.7 Å². The molecule has 0 saturated carbocycles. The summed E-state index contributed by atoms with van der Waals surface area (Å²) in [6.45, 7) is 4.01. The minimum Gasteiger partial charge on any atom is -0.496 e. The van der Waals surface area contributed by atoms with Gasteiger partial charge in [0.2, 0.25) is 0 Å². The number of anilines is 1. The molecule has 0 atom stereocenters. The Morgan fingerprint density at radius 3 is 2.54 bits per heavy atom. The van der Waals surface area contributed by atoms with Crippen molar-refractivity contribution in [3.05, 3.63) is 69.6 Å². The van der Waals surface area contributed by atoms with Crippen molar-refractivity contribution >= 4 is 22.6 Å². The standard InChI is InChI=1S/C21H21NO4/c1-4-5-16-18(25-3)11-8-14-12-17(21(24)26-19(14)16)20(23)22-15-9-6-13(2)7-10-15/h6-12H,4-5H2,1-3H3,(H,22,23). The van der Waals surface area contributed by atoms with Crippen molar-refractivity contribution < 1.29 is 13.9 Å². The number of nitrogens with one attached hydrogen (secondary N) is 1. The highest BCUT2D eigenvalue weighted by Crippen LogP contribution is 2.29. The number of hydrogen-bond acceptors (Lipinski definition) is 4. The van der Waals surface area contributed by atoms with E-state index in [4.69, 9.17) is 9.15 Å². The molecular formula is C21H21NO4. The van der Waals surface area contributed by atoms with Gasteiger partial charge in [0, 0.05) is 16.6 Å². The normalized spacial score (nSPS) is 10.7. The van der Waals surface area contributed by atoms with Gasteiger partial charge in [-0.25, -0.2) is 4.79 Å². The van der Waals surface area contributed by atoms with E-state index in [0.29, 0.717) is 22.4 Å². The van der Waals surface area contributed by atoms with Crippen LogP contribution in [0.4, 0.5) is 5.69 Å². The molecule has 3 rings (SSSR count). The minimum atomic E-state index is -0.660. The Morgan fingerprint density at radius 1 is 1.15 bits per heavy atom. The monoisotopic (exact) mass is 351 g/mol. The average Bonchev–Trinajstić information content (AvgIpc) is 2.63. The fourth-order valence-corrected chi connectivity index (χ4v) is 2.90. The largest absolute Gasteiger partial charge is 0.496 e. The zero-order valence-electron chi connectivity index (χ0n) is 15.1. The summed E-state index contributed by atoms with van der Waals surface area (Å²) in [4.78, 5) is 24.9. The molecule has 1 amide bonds. The second-order valence-electron chi connectivity index (χ2n) is 6.18. The number of carbonyl (C=O) groups excluding carboxylic acids is 1. The van der Waals surface area contributed by atoms with Crippen LogP contribution in [0.25, 0.3) is 11.0 Å². The lowest BCUT2D eigenvalue weighted by Gasteiger charge is -2.11. The number of benzene rings is 2. The molecule has 0 aliphatic heterocycles. The number of hydrogen-bond donors (Lipinski definition) is 1. The zero-order chi connectivity index (χ0) is 18.7. The molecule has 0 spiro atoms. The zero-order valence-corrected chi connectivity index (χ0v) is 15.1. The maximum absolute atomic E-state index is 12.5. The van der Waals surface area contributed by atoms with Gasteiger partial charge in [0.05, 0.1) is 7.11 Å². The molecule has 5 heteroatoms. The van der Waals surface area contributed by atoms with Gasteiger partial charge in [-0.3, -0.25) is 4.79 Å². The summed E-state index contributed by atoms with van der Waals surface area (Å²) in [6, 6.07) is 12.6. The van der Waals surface area contributed by atoms with E-state index < -0.39 is 11.5 Å². The first-order valence-corrected chi connectivity index (χ1v) is 8.55. The molecule has 0 aliphatic carbocycles. The average molecular weight is 351 g/mol. The lowest BCUT2D eigenvalue weighted by molar-refractivity contribution is 0.102. The fourth-order valence-electron chi connectivity index (χ4n) is 2.90. The van der Waals surface area contributed by atoms with Gasteiger partial charge in [0.1, 0.15) is 16.9 Å². The van der Waals surface area contributed by atoms with E-state index in [2.05, 4.69) is 5.32 Å². The highest BCUT2D eigenvalue weighted by Gasteiger charge is 2.17. The van der Waals surface area contributed by atoms with Crippen molar-refractivity contribution in [3.8, 4) is 5.75 Å². The van der Waals surface area contributed by atoms with Gasteiger partial charge in [-0.1, -0.05) is 31.0 Å². The highest BCUT2D eigenvalue weighted by molar-refractivity contribution is 6.05. The highest BCUT2D eigenvalue weighted by atomic mass is 16.5. The van der Waals surface area contributed by atoms with Gasteiger partial charge in [-0.15, -0.1) is 0 Å². The van der Waals surface area contributed by atoms with E-state index in [1.807, 2.05) is 32.0 Å². The summed E-state index contributed by atoms with van der Waals surface area (Å²) in [7, 11) is 1.59. The number of fused-ring (bicyclic) bond motifs is 1. The molecule has 1 N–H and O–H groups in total. The summed E-state index contributed by atoms with van der Waals surface area (Å²) in [5, 5.41) is 3.43. The number of methoxy groups -OCH3 is 1. The van der Waals surface area contributed by atoms with Crippen molar-refractivity contribution in [2.24, 2.45) is 0 Å². The number of aryl methyl sites for hydroxylation is 2. The smallest absolute Gasteiger partial charge is 0.349 e. The third-order valence-electron chi connectivity index (χ3n) is 4.24. The molecule has 0 unspecified atom stereocenters. The van der Waals surface area contributed by atoms with Gasteiger partial charge in [0.25, 0.3) is 5.91 Å². The van der Waals surface area contributed by atoms with Crippen LogP contribution in [0.1, 0.15) is 34.8 Å². The molecular weight excluding hydrogens is 330 g/mol. The summed E-state index contributed by atoms with van der Waals surface area (Å²) < 4.78 is 10.9. The van der Waals surface area contributed by atoms with Gasteiger partial charge >= 0.3 is 5.63 Å². The summed E-state index contributed by atoms with van der Waals surface area (Å²) >= 11 is 0. The van der Waals surface area contributed by atoms with Crippen LogP contribution in [-0.2, 0) is 6.42 Å². The van der Waals surface area contributed by atoms with Crippen LogP contribution in [0.3, 0.4) is 0 Å². The van der Waals surface area contributed by atoms with Crippen molar-refractivity contribution in [1.82, 2.24) is 0 Å². The number of amides is 1. The maximum atomic E-state index is 12.5. The number of rotatable bonds is 5. The Labute approximate surface area is 151 Å². The minimum absolute atomic E-state index is 0.0225. The van der Waals surface area contributed by atoms with Gasteiger partial charge in [-0.2, -0.15) is 0 Å². The van der Waals surface area contributed by atoms with E-state index in [9.17, 15) is 9.59 Å². The van der Waals surface area contributed by atoms with Crippen LogP contribution in [0, 0.1) is 6.92 Å². The molecule has 2 aromatic carbocycles. The lowest BCUT2D eigenvalue weighted by atomic mass is 10.0. The Morgan fingerprint density at radius 2 is 1.88 bits per heavy atom. The number of carbonyl (C=O) groups is 1. The molecule has 0 aliphatic rings. The van der Waals surface area contributed by atoms with Gasteiger partial charge in [0.15, 0.2) is 0 Å². The first-order valence-electron chi connectivity index (χ1n) is 8.55. The topological polar surface area (TPSA) is 68.5 Å². The predicted octanol–water partition coefficient (Wildman–Crippen LogP) is 4.31. The first-order chi connectivity index (χ1) is 12.5. The molecule has 5 nitrogen and oxygen atoms in total. The number of ether oxygens (including phenoxy) is 1. The maximum Gasteiger partial charge on any atom is 0.349 e. The lowest BCUT2D eigenvalue weighted by Crippen LogP contribution is -2.20. The summed E-state index contributed by atoms with van der Waals surface area (Å²) in [6.07, 6.45) is 1.60. The Kier molecular flexibility index (Phi) is 5.07. The summed E-state index contributed by atoms with van der Waals surface area (Å²) in [5.41, 5.74) is 2.35. The molecule has 26 heavy (non-hydrogen) atoms. The van der Waals surface area contributed by atoms with Gasteiger partial charge in [-0.05, 0) is 43.7 Å². The second-order valence-corrected chi connectivity index (χ2v) is 6.18. The molecule has 1 aromatic heterocycles. The third kappa shape index (κ3) is 3.47. The molecule has 0 saturated heterocycles. The van der Waals surface area contributed by atoms with Gasteiger partial charge < -0.3 is 14.5 Å². The van der Waals surface area contributed by atoms with Crippen LogP contribution in [0.2, 0.25) is 0 Å². The Hall–Kier alpha value is -3.08. The van der Waals surface area contributed by atoms with Crippen LogP contribution in [0.15, 0.2) is 51.7 Å². The first kappa shape index (κ1) is 17.7. The predicted molar refractivity (Wildman–Crippen MR) is 102 cm³/mol. The third-order valence-corrected chi connectivity index (χ3v) is 4.24. The van der Waals surface area contributed by atoms with Crippen molar-refractivity contribution in [2.45, 2.75) is 26.7 Å².